The number of hydrogen-bond acceptors (Lipinski definition) is 4. The van der Waals surface area contributed by atoms with Gasteiger partial charge in [-0.1, -0.05) is 6.07 Å². The van der Waals surface area contributed by atoms with Crippen molar-refractivity contribution in [3.05, 3.63) is 24.4 Å². The number of amides is 1. The Balaban J connectivity index is 1.51. The maximum absolute atomic E-state index is 12.2. The zero-order valence-electron chi connectivity index (χ0n) is 15.1. The molecule has 5 heteroatoms. The molecule has 0 unspecified atom stereocenters. The summed E-state index contributed by atoms with van der Waals surface area (Å²) in [6, 6.07) is 6.09. The molecule has 0 saturated carbocycles. The van der Waals surface area contributed by atoms with Crippen molar-refractivity contribution in [3.63, 3.8) is 0 Å². The standard InChI is InChI=1S/C19H29N3O2/c1-18(2,3)24-17(23)22-14-9-19(10-15-22)7-12-21(13-8-19)16-6-4-5-11-20-16/h4-6,11H,7-10,12-15H2,1-3H3. The maximum Gasteiger partial charge on any atom is 0.410 e. The molecule has 0 aliphatic carbocycles. The number of hydrogen-bond donors (Lipinski definition) is 0. The van der Waals surface area contributed by atoms with Crippen molar-refractivity contribution in [2.24, 2.45) is 5.41 Å². The topological polar surface area (TPSA) is 45.7 Å². The number of piperidine rings is 2. The highest BCUT2D eigenvalue weighted by Crippen LogP contribution is 2.42. The zero-order valence-corrected chi connectivity index (χ0v) is 15.1. The predicted octanol–water partition coefficient (Wildman–Crippen LogP) is 3.70. The molecule has 1 spiro atoms. The van der Waals surface area contributed by atoms with E-state index in [1.165, 1.54) is 12.8 Å². The first-order chi connectivity index (χ1) is 11.4. The minimum atomic E-state index is -0.416. The van der Waals surface area contributed by atoms with E-state index in [2.05, 4.69) is 16.0 Å². The molecule has 24 heavy (non-hydrogen) atoms. The summed E-state index contributed by atoms with van der Waals surface area (Å²) in [6.07, 6.45) is 6.24. The van der Waals surface area contributed by atoms with Gasteiger partial charge < -0.3 is 14.5 Å². The van der Waals surface area contributed by atoms with Crippen LogP contribution in [0, 0.1) is 5.41 Å². The van der Waals surface area contributed by atoms with E-state index in [0.717, 1.165) is 44.8 Å². The van der Waals surface area contributed by atoms with E-state index < -0.39 is 5.60 Å². The molecule has 0 bridgehead atoms. The molecule has 132 valence electrons. The van der Waals surface area contributed by atoms with Crippen molar-refractivity contribution in [2.45, 2.75) is 52.1 Å². The summed E-state index contributed by atoms with van der Waals surface area (Å²) < 4.78 is 5.50. The van der Waals surface area contributed by atoms with E-state index in [4.69, 9.17) is 4.74 Å². The lowest BCUT2D eigenvalue weighted by atomic mass is 9.71. The first kappa shape index (κ1) is 17.1. The number of rotatable bonds is 1. The molecule has 5 nitrogen and oxygen atoms in total. The summed E-state index contributed by atoms with van der Waals surface area (Å²) in [7, 11) is 0. The average molecular weight is 331 g/mol. The number of carbonyl (C=O) groups excluding carboxylic acids is 1. The SMILES string of the molecule is CC(C)(C)OC(=O)N1CCC2(CC1)CCN(c1ccccn1)CC2. The van der Waals surface area contributed by atoms with Gasteiger partial charge in [0.2, 0.25) is 0 Å². The second-order valence-corrected chi connectivity index (χ2v) is 8.14. The van der Waals surface area contributed by atoms with Gasteiger partial charge in [-0.2, -0.15) is 0 Å². The summed E-state index contributed by atoms with van der Waals surface area (Å²) in [6.45, 7) is 9.51. The van der Waals surface area contributed by atoms with Crippen LogP contribution in [0.1, 0.15) is 46.5 Å². The molecule has 0 aromatic carbocycles. The van der Waals surface area contributed by atoms with Gasteiger partial charge in [0.15, 0.2) is 0 Å². The monoisotopic (exact) mass is 331 g/mol. The van der Waals surface area contributed by atoms with E-state index in [0.29, 0.717) is 5.41 Å². The zero-order chi connectivity index (χ0) is 17.2. The molecule has 1 aromatic rings. The molecule has 1 amide bonds. The van der Waals surface area contributed by atoms with Crippen LogP contribution in [0.15, 0.2) is 24.4 Å². The van der Waals surface area contributed by atoms with Gasteiger partial charge >= 0.3 is 6.09 Å². The normalized spacial score (nSPS) is 21.0. The number of nitrogens with zero attached hydrogens (tertiary/aromatic N) is 3. The lowest BCUT2D eigenvalue weighted by Gasteiger charge is -2.47. The Bertz CT molecular complexity index is 550. The van der Waals surface area contributed by atoms with Crippen LogP contribution >= 0.6 is 0 Å². The summed E-state index contributed by atoms with van der Waals surface area (Å²) in [5, 5.41) is 0. The van der Waals surface area contributed by atoms with E-state index in [1.807, 2.05) is 44.0 Å². The van der Waals surface area contributed by atoms with Crippen LogP contribution in [0.25, 0.3) is 0 Å². The summed E-state index contributed by atoms with van der Waals surface area (Å²) >= 11 is 0. The summed E-state index contributed by atoms with van der Waals surface area (Å²) in [4.78, 5) is 20.9. The highest BCUT2D eigenvalue weighted by molar-refractivity contribution is 5.68. The van der Waals surface area contributed by atoms with Crippen LogP contribution < -0.4 is 4.90 Å². The fourth-order valence-corrected chi connectivity index (χ4v) is 3.74. The van der Waals surface area contributed by atoms with Crippen molar-refractivity contribution >= 4 is 11.9 Å². The first-order valence-corrected chi connectivity index (χ1v) is 9.01. The molecule has 0 radical (unpaired) electrons. The molecule has 2 aliphatic rings. The maximum atomic E-state index is 12.2. The van der Waals surface area contributed by atoms with E-state index in [-0.39, 0.29) is 6.09 Å². The van der Waals surface area contributed by atoms with Gasteiger partial charge in [-0.25, -0.2) is 9.78 Å². The van der Waals surface area contributed by atoms with Crippen LogP contribution in [0.4, 0.5) is 10.6 Å². The number of ether oxygens (including phenoxy) is 1. The Morgan fingerprint density at radius 1 is 1.08 bits per heavy atom. The number of likely N-dealkylation sites (tertiary alicyclic amines) is 1. The first-order valence-electron chi connectivity index (χ1n) is 9.01. The number of carbonyl (C=O) groups is 1. The average Bonchev–Trinajstić information content (AvgIpc) is 2.55. The quantitative estimate of drug-likeness (QED) is 0.787. The fraction of sp³-hybridized carbons (Fsp3) is 0.684. The van der Waals surface area contributed by atoms with Crippen LogP contribution in [-0.2, 0) is 4.74 Å². The Morgan fingerprint density at radius 3 is 2.25 bits per heavy atom. The van der Waals surface area contributed by atoms with Gasteiger partial charge in [0.25, 0.3) is 0 Å². The van der Waals surface area contributed by atoms with Crippen molar-refractivity contribution in [3.8, 4) is 0 Å². The van der Waals surface area contributed by atoms with Gasteiger partial charge in [-0.15, -0.1) is 0 Å². The lowest BCUT2D eigenvalue weighted by Crippen LogP contribution is -2.49. The van der Waals surface area contributed by atoms with E-state index in [1.54, 1.807) is 0 Å². The molecule has 2 fully saturated rings. The number of aromatic nitrogens is 1. The van der Waals surface area contributed by atoms with Gasteiger partial charge in [0, 0.05) is 32.4 Å². The van der Waals surface area contributed by atoms with Gasteiger partial charge in [0.05, 0.1) is 0 Å². The lowest BCUT2D eigenvalue weighted by molar-refractivity contribution is 0.00664. The molecule has 3 rings (SSSR count). The van der Waals surface area contributed by atoms with Crippen LogP contribution in [-0.4, -0.2) is 47.8 Å². The van der Waals surface area contributed by atoms with E-state index >= 15 is 0 Å². The molecule has 2 aliphatic heterocycles. The van der Waals surface area contributed by atoms with Crippen molar-refractivity contribution < 1.29 is 9.53 Å². The minimum absolute atomic E-state index is 0.164. The van der Waals surface area contributed by atoms with Gasteiger partial charge in [-0.05, 0) is 64.0 Å². The minimum Gasteiger partial charge on any atom is -0.444 e. The Labute approximate surface area is 145 Å². The van der Waals surface area contributed by atoms with Crippen LogP contribution in [0.3, 0.4) is 0 Å². The smallest absolute Gasteiger partial charge is 0.410 e. The third-order valence-corrected chi connectivity index (χ3v) is 5.27. The Kier molecular flexibility index (Phi) is 4.70. The van der Waals surface area contributed by atoms with Gasteiger partial charge in [0.1, 0.15) is 11.4 Å². The van der Waals surface area contributed by atoms with Crippen molar-refractivity contribution in [1.29, 1.82) is 0 Å². The molecule has 0 N–H and O–H groups in total. The van der Waals surface area contributed by atoms with Crippen LogP contribution in [0.2, 0.25) is 0 Å². The number of anilines is 1. The largest absolute Gasteiger partial charge is 0.444 e. The highest BCUT2D eigenvalue weighted by Gasteiger charge is 2.39. The summed E-state index contributed by atoms with van der Waals surface area (Å²) in [5.41, 5.74) is -0.0238. The van der Waals surface area contributed by atoms with E-state index in [9.17, 15) is 4.79 Å². The van der Waals surface area contributed by atoms with Gasteiger partial charge in [-0.3, -0.25) is 0 Å². The number of pyridine rings is 1. The van der Waals surface area contributed by atoms with Crippen molar-refractivity contribution in [1.82, 2.24) is 9.88 Å². The third kappa shape index (κ3) is 4.00. The molecule has 1 aromatic heterocycles. The fourth-order valence-electron chi connectivity index (χ4n) is 3.74. The molecular weight excluding hydrogens is 302 g/mol. The molecular formula is C19H29N3O2. The molecule has 2 saturated heterocycles. The highest BCUT2D eigenvalue weighted by atomic mass is 16.6. The van der Waals surface area contributed by atoms with Crippen molar-refractivity contribution in [2.75, 3.05) is 31.1 Å². The predicted molar refractivity (Wildman–Crippen MR) is 95.2 cm³/mol. The molecule has 3 heterocycles. The second-order valence-electron chi connectivity index (χ2n) is 8.14. The molecule has 0 atom stereocenters. The third-order valence-electron chi connectivity index (χ3n) is 5.27. The Morgan fingerprint density at radius 2 is 1.71 bits per heavy atom. The second kappa shape index (κ2) is 6.61. The Hall–Kier alpha value is -1.78. The van der Waals surface area contributed by atoms with Crippen LogP contribution in [0.5, 0.6) is 0 Å². The summed E-state index contributed by atoms with van der Waals surface area (Å²) in [5.74, 6) is 1.08.